The molecule has 0 heterocycles. The number of alkyl halides is 1. The fourth-order valence-corrected chi connectivity index (χ4v) is 4.97. The minimum atomic E-state index is -0.0398. The maximum absolute atomic E-state index is 11.4. The molecule has 0 fully saturated rings. The van der Waals surface area contributed by atoms with E-state index in [0.717, 1.165) is 16.4 Å². The van der Waals surface area contributed by atoms with Gasteiger partial charge in [-0.1, -0.05) is 0 Å². The average Bonchev–Trinajstić information content (AvgIpc) is 2.11. The van der Waals surface area contributed by atoms with Crippen molar-refractivity contribution < 1.29 is 4.79 Å². The van der Waals surface area contributed by atoms with Gasteiger partial charge in [0, 0.05) is 23.0 Å². The SMILES string of the molecule is O=C(CCCl)Nc1c(I)cc(I)cc1I. The molecule has 6 heteroatoms. The van der Waals surface area contributed by atoms with Crippen molar-refractivity contribution in [2.75, 3.05) is 11.2 Å². The Morgan fingerprint density at radius 1 is 1.27 bits per heavy atom. The topological polar surface area (TPSA) is 29.1 Å². The molecule has 0 radical (unpaired) electrons. The van der Waals surface area contributed by atoms with Gasteiger partial charge in [0.25, 0.3) is 0 Å². The van der Waals surface area contributed by atoms with E-state index in [1.54, 1.807) is 0 Å². The summed E-state index contributed by atoms with van der Waals surface area (Å²) >= 11 is 12.2. The number of benzene rings is 1. The number of rotatable bonds is 3. The van der Waals surface area contributed by atoms with E-state index in [1.165, 1.54) is 0 Å². The fraction of sp³-hybridized carbons (Fsp3) is 0.222. The van der Waals surface area contributed by atoms with Gasteiger partial charge in [-0.2, -0.15) is 0 Å². The Morgan fingerprint density at radius 3 is 2.27 bits per heavy atom. The summed E-state index contributed by atoms with van der Waals surface area (Å²) in [5.74, 6) is 0.311. The summed E-state index contributed by atoms with van der Waals surface area (Å²) in [4.78, 5) is 11.4. The van der Waals surface area contributed by atoms with Crippen LogP contribution < -0.4 is 5.32 Å². The van der Waals surface area contributed by atoms with Crippen LogP contribution in [0, 0.1) is 10.7 Å². The van der Waals surface area contributed by atoms with Crippen LogP contribution in [0.2, 0.25) is 0 Å². The number of anilines is 1. The van der Waals surface area contributed by atoms with Crippen LogP contribution in [0.3, 0.4) is 0 Å². The van der Waals surface area contributed by atoms with E-state index in [1.807, 2.05) is 12.1 Å². The molecule has 1 amide bonds. The van der Waals surface area contributed by atoms with Crippen LogP contribution in [0.5, 0.6) is 0 Å². The molecule has 1 N–H and O–H groups in total. The normalized spacial score (nSPS) is 10.1. The second kappa shape index (κ2) is 6.80. The number of nitrogens with one attached hydrogen (secondary N) is 1. The van der Waals surface area contributed by atoms with Crippen molar-refractivity contribution in [1.82, 2.24) is 0 Å². The van der Waals surface area contributed by atoms with Crippen LogP contribution in [0.15, 0.2) is 12.1 Å². The molecule has 0 atom stereocenters. The summed E-state index contributed by atoms with van der Waals surface area (Å²) in [6.45, 7) is 0. The van der Waals surface area contributed by atoms with E-state index in [0.29, 0.717) is 12.3 Å². The Labute approximate surface area is 134 Å². The minimum Gasteiger partial charge on any atom is -0.324 e. The van der Waals surface area contributed by atoms with Gasteiger partial charge in [0.1, 0.15) is 0 Å². The molecule has 2 nitrogen and oxygen atoms in total. The van der Waals surface area contributed by atoms with Gasteiger partial charge in [0.15, 0.2) is 0 Å². The lowest BCUT2D eigenvalue weighted by Crippen LogP contribution is -2.13. The van der Waals surface area contributed by atoms with Gasteiger partial charge in [0.2, 0.25) is 5.91 Å². The molecule has 0 bridgehead atoms. The van der Waals surface area contributed by atoms with Crippen LogP contribution in [0.25, 0.3) is 0 Å². The quantitative estimate of drug-likeness (QED) is 0.438. The van der Waals surface area contributed by atoms with Crippen LogP contribution in [0.4, 0.5) is 5.69 Å². The van der Waals surface area contributed by atoms with Gasteiger partial charge in [-0.25, -0.2) is 0 Å². The molecule has 0 saturated heterocycles. The standard InChI is InChI=1S/C9H7ClI3NO/c10-2-1-8(15)14-9-6(12)3-5(11)4-7(9)13/h3-4H,1-2H2,(H,14,15). The number of amides is 1. The predicted octanol–water partition coefficient (Wildman–Crippen LogP) is 4.07. The zero-order valence-electron chi connectivity index (χ0n) is 7.49. The van der Waals surface area contributed by atoms with Crippen LogP contribution >= 0.6 is 79.4 Å². The van der Waals surface area contributed by atoms with Gasteiger partial charge in [-0.15, -0.1) is 11.6 Å². The molecule has 0 aliphatic carbocycles. The Hall–Kier alpha value is 1.17. The third kappa shape index (κ3) is 4.50. The molecule has 0 unspecified atom stereocenters. The molecule has 0 saturated carbocycles. The predicted molar refractivity (Wildman–Crippen MR) is 88.6 cm³/mol. The lowest BCUT2D eigenvalue weighted by Gasteiger charge is -2.09. The first-order valence-electron chi connectivity index (χ1n) is 4.05. The third-order valence-corrected chi connectivity index (χ3v) is 4.11. The summed E-state index contributed by atoms with van der Waals surface area (Å²) in [5.41, 5.74) is 0.881. The Morgan fingerprint density at radius 2 is 1.80 bits per heavy atom. The molecule has 82 valence electrons. The fourth-order valence-electron chi connectivity index (χ4n) is 0.949. The molecule has 1 rings (SSSR count). The zero-order chi connectivity index (χ0) is 11.4. The Kier molecular flexibility index (Phi) is 6.45. The number of halogens is 4. The second-order valence-electron chi connectivity index (χ2n) is 2.73. The molecule has 0 aliphatic rings. The molecule has 0 aromatic heterocycles. The first-order valence-corrected chi connectivity index (χ1v) is 7.82. The second-order valence-corrected chi connectivity index (χ2v) is 6.68. The molecule has 0 spiro atoms. The van der Waals surface area contributed by atoms with Crippen LogP contribution in [0.1, 0.15) is 6.42 Å². The first kappa shape index (κ1) is 14.2. The lowest BCUT2D eigenvalue weighted by molar-refractivity contribution is -0.115. The Balaban J connectivity index is 2.90. The summed E-state index contributed by atoms with van der Waals surface area (Å²) in [5, 5.41) is 2.86. The number of hydrogen-bond acceptors (Lipinski definition) is 1. The lowest BCUT2D eigenvalue weighted by atomic mass is 10.3. The summed E-state index contributed by atoms with van der Waals surface area (Å²) in [6.07, 6.45) is 0.347. The van der Waals surface area contributed by atoms with Crippen molar-refractivity contribution in [3.63, 3.8) is 0 Å². The highest BCUT2D eigenvalue weighted by atomic mass is 127. The monoisotopic (exact) mass is 561 g/mol. The smallest absolute Gasteiger partial charge is 0.225 e. The molecule has 1 aromatic carbocycles. The highest BCUT2D eigenvalue weighted by Crippen LogP contribution is 2.27. The highest BCUT2D eigenvalue weighted by Gasteiger charge is 2.09. The van der Waals surface area contributed by atoms with Gasteiger partial charge in [-0.05, 0) is 79.9 Å². The van der Waals surface area contributed by atoms with E-state index < -0.39 is 0 Å². The highest BCUT2D eigenvalue weighted by molar-refractivity contribution is 14.1. The van der Waals surface area contributed by atoms with Crippen molar-refractivity contribution in [3.8, 4) is 0 Å². The van der Waals surface area contributed by atoms with Gasteiger partial charge in [-0.3, -0.25) is 4.79 Å². The maximum Gasteiger partial charge on any atom is 0.225 e. The van der Waals surface area contributed by atoms with E-state index in [4.69, 9.17) is 11.6 Å². The van der Waals surface area contributed by atoms with Crippen molar-refractivity contribution in [2.45, 2.75) is 6.42 Å². The third-order valence-electron chi connectivity index (χ3n) is 1.59. The van der Waals surface area contributed by atoms with E-state index in [9.17, 15) is 4.79 Å². The van der Waals surface area contributed by atoms with Crippen molar-refractivity contribution in [3.05, 3.63) is 22.8 Å². The largest absolute Gasteiger partial charge is 0.324 e. The van der Waals surface area contributed by atoms with Crippen molar-refractivity contribution in [2.24, 2.45) is 0 Å². The number of carbonyl (C=O) groups excluding carboxylic acids is 1. The minimum absolute atomic E-state index is 0.0398. The van der Waals surface area contributed by atoms with Gasteiger partial charge in [0.05, 0.1) is 5.69 Å². The van der Waals surface area contributed by atoms with Crippen molar-refractivity contribution >= 4 is 91.0 Å². The van der Waals surface area contributed by atoms with Crippen LogP contribution in [-0.2, 0) is 4.79 Å². The number of carbonyl (C=O) groups is 1. The van der Waals surface area contributed by atoms with Crippen molar-refractivity contribution in [1.29, 1.82) is 0 Å². The molecule has 0 aliphatic heterocycles. The maximum atomic E-state index is 11.4. The van der Waals surface area contributed by atoms with Gasteiger partial charge >= 0.3 is 0 Å². The van der Waals surface area contributed by atoms with E-state index in [2.05, 4.69) is 73.1 Å². The Bertz CT molecular complexity index is 361. The van der Waals surface area contributed by atoms with E-state index >= 15 is 0 Å². The van der Waals surface area contributed by atoms with Gasteiger partial charge < -0.3 is 5.32 Å². The molecule has 15 heavy (non-hydrogen) atoms. The molecule has 1 aromatic rings. The van der Waals surface area contributed by atoms with Crippen LogP contribution in [-0.4, -0.2) is 11.8 Å². The zero-order valence-corrected chi connectivity index (χ0v) is 14.7. The summed E-state index contributed by atoms with van der Waals surface area (Å²) in [6, 6.07) is 4.05. The first-order chi connectivity index (χ1) is 7.04. The van der Waals surface area contributed by atoms with E-state index in [-0.39, 0.29) is 5.91 Å². The average molecular weight is 561 g/mol. The number of hydrogen-bond donors (Lipinski definition) is 1. The molecular formula is C9H7ClI3NO. The molecular weight excluding hydrogens is 554 g/mol. The summed E-state index contributed by atoms with van der Waals surface area (Å²) in [7, 11) is 0. The summed E-state index contributed by atoms with van der Waals surface area (Å²) < 4.78 is 3.26.